The third-order valence-electron chi connectivity index (χ3n) is 2.75. The monoisotopic (exact) mass is 245 g/mol. The average Bonchev–Trinajstić information content (AvgIpc) is 2.68. The standard InChI is InChI=1S/C13H19N5/c1-5-10-7-12(14-6-2)16-13(15-10)11-8-18(4)17-9(11)3/h7-8H,5-6H2,1-4H3,(H,14,15,16). The maximum atomic E-state index is 4.57. The van der Waals surface area contributed by atoms with Crippen LogP contribution in [0.1, 0.15) is 25.2 Å². The molecule has 96 valence electrons. The molecule has 0 unspecified atom stereocenters. The van der Waals surface area contributed by atoms with Gasteiger partial charge in [0.2, 0.25) is 0 Å². The van der Waals surface area contributed by atoms with Crippen LogP contribution in [0.2, 0.25) is 0 Å². The van der Waals surface area contributed by atoms with Gasteiger partial charge in [-0.3, -0.25) is 4.68 Å². The lowest BCUT2D eigenvalue weighted by Crippen LogP contribution is -2.03. The van der Waals surface area contributed by atoms with Crippen LogP contribution in [0.4, 0.5) is 5.82 Å². The third kappa shape index (κ3) is 2.50. The molecule has 1 N–H and O–H groups in total. The van der Waals surface area contributed by atoms with Gasteiger partial charge in [-0.25, -0.2) is 9.97 Å². The first-order valence-corrected chi connectivity index (χ1v) is 6.26. The normalized spacial score (nSPS) is 10.7. The second kappa shape index (κ2) is 5.16. The predicted octanol–water partition coefficient (Wildman–Crippen LogP) is 2.18. The summed E-state index contributed by atoms with van der Waals surface area (Å²) in [5, 5.41) is 7.58. The second-order valence-electron chi connectivity index (χ2n) is 4.25. The Morgan fingerprint density at radius 1 is 1.28 bits per heavy atom. The van der Waals surface area contributed by atoms with E-state index in [4.69, 9.17) is 0 Å². The van der Waals surface area contributed by atoms with Crippen LogP contribution >= 0.6 is 0 Å². The van der Waals surface area contributed by atoms with Gasteiger partial charge in [-0.05, 0) is 20.3 Å². The molecule has 2 aromatic heterocycles. The Kier molecular flexibility index (Phi) is 3.60. The predicted molar refractivity (Wildman–Crippen MR) is 72.5 cm³/mol. The molecule has 5 heteroatoms. The first kappa shape index (κ1) is 12.5. The van der Waals surface area contributed by atoms with Crippen LogP contribution in [0.5, 0.6) is 0 Å². The minimum Gasteiger partial charge on any atom is -0.370 e. The third-order valence-corrected chi connectivity index (χ3v) is 2.75. The summed E-state index contributed by atoms with van der Waals surface area (Å²) >= 11 is 0. The van der Waals surface area contributed by atoms with Gasteiger partial charge in [0.25, 0.3) is 0 Å². The van der Waals surface area contributed by atoms with Crippen molar-refractivity contribution >= 4 is 5.82 Å². The van der Waals surface area contributed by atoms with Gasteiger partial charge in [0.05, 0.1) is 11.3 Å². The fraction of sp³-hybridized carbons (Fsp3) is 0.462. The minimum absolute atomic E-state index is 0.746. The lowest BCUT2D eigenvalue weighted by molar-refractivity contribution is 0.756. The zero-order valence-electron chi connectivity index (χ0n) is 11.4. The number of aryl methyl sites for hydroxylation is 3. The molecule has 18 heavy (non-hydrogen) atoms. The highest BCUT2D eigenvalue weighted by molar-refractivity contribution is 5.59. The van der Waals surface area contributed by atoms with Crippen LogP contribution < -0.4 is 5.32 Å². The van der Waals surface area contributed by atoms with Crippen molar-refractivity contribution in [2.24, 2.45) is 7.05 Å². The van der Waals surface area contributed by atoms with Gasteiger partial charge in [0.15, 0.2) is 5.82 Å². The van der Waals surface area contributed by atoms with E-state index in [-0.39, 0.29) is 0 Å². The molecule has 0 saturated carbocycles. The lowest BCUT2D eigenvalue weighted by Gasteiger charge is -2.07. The molecule has 5 nitrogen and oxygen atoms in total. The summed E-state index contributed by atoms with van der Waals surface area (Å²) in [6.07, 6.45) is 2.85. The minimum atomic E-state index is 0.746. The van der Waals surface area contributed by atoms with E-state index in [1.807, 2.05) is 26.2 Å². The summed E-state index contributed by atoms with van der Waals surface area (Å²) < 4.78 is 1.79. The molecule has 0 aliphatic carbocycles. The Bertz CT molecular complexity index is 544. The number of aromatic nitrogens is 4. The van der Waals surface area contributed by atoms with Crippen LogP contribution in [-0.4, -0.2) is 26.3 Å². The maximum Gasteiger partial charge on any atom is 0.165 e. The Balaban J connectivity index is 2.49. The fourth-order valence-corrected chi connectivity index (χ4v) is 1.89. The van der Waals surface area contributed by atoms with Gasteiger partial charge < -0.3 is 5.32 Å². The summed E-state index contributed by atoms with van der Waals surface area (Å²) in [4.78, 5) is 9.11. The van der Waals surface area contributed by atoms with E-state index in [2.05, 4.69) is 34.2 Å². The first-order valence-electron chi connectivity index (χ1n) is 6.26. The van der Waals surface area contributed by atoms with Gasteiger partial charge in [-0.15, -0.1) is 0 Å². The van der Waals surface area contributed by atoms with Gasteiger partial charge in [0.1, 0.15) is 5.82 Å². The summed E-state index contributed by atoms with van der Waals surface area (Å²) in [5.41, 5.74) is 2.99. The van der Waals surface area contributed by atoms with Crippen LogP contribution in [0.15, 0.2) is 12.3 Å². The number of hydrogen-bond donors (Lipinski definition) is 1. The van der Waals surface area contributed by atoms with E-state index in [0.29, 0.717) is 0 Å². The molecule has 0 aliphatic heterocycles. The van der Waals surface area contributed by atoms with Crippen molar-refractivity contribution in [1.82, 2.24) is 19.7 Å². The van der Waals surface area contributed by atoms with Crippen molar-refractivity contribution in [2.45, 2.75) is 27.2 Å². The molecule has 0 bridgehead atoms. The van der Waals surface area contributed by atoms with Crippen LogP contribution in [0.3, 0.4) is 0 Å². The zero-order valence-corrected chi connectivity index (χ0v) is 11.4. The van der Waals surface area contributed by atoms with Crippen LogP contribution in [0, 0.1) is 6.92 Å². The molecular formula is C13H19N5. The number of hydrogen-bond acceptors (Lipinski definition) is 4. The first-order chi connectivity index (χ1) is 8.63. The highest BCUT2D eigenvalue weighted by atomic mass is 15.3. The van der Waals surface area contributed by atoms with Gasteiger partial charge in [-0.2, -0.15) is 5.10 Å². The Morgan fingerprint density at radius 3 is 2.61 bits per heavy atom. The molecule has 0 aromatic carbocycles. The molecule has 0 spiro atoms. The summed E-state index contributed by atoms with van der Waals surface area (Å²) in [6.45, 7) is 6.98. The van der Waals surface area contributed by atoms with Crippen molar-refractivity contribution in [3.63, 3.8) is 0 Å². The van der Waals surface area contributed by atoms with E-state index < -0.39 is 0 Å². The second-order valence-corrected chi connectivity index (χ2v) is 4.25. The SMILES string of the molecule is CCNc1cc(CC)nc(-c2cn(C)nc2C)n1. The molecule has 0 atom stereocenters. The van der Waals surface area contributed by atoms with Crippen LogP contribution in [-0.2, 0) is 13.5 Å². The zero-order chi connectivity index (χ0) is 13.1. The molecule has 0 radical (unpaired) electrons. The number of nitrogens with one attached hydrogen (secondary N) is 1. The molecular weight excluding hydrogens is 226 g/mol. The topological polar surface area (TPSA) is 55.6 Å². The quantitative estimate of drug-likeness (QED) is 0.897. The average molecular weight is 245 g/mol. The highest BCUT2D eigenvalue weighted by Crippen LogP contribution is 2.20. The van der Waals surface area contributed by atoms with Crippen molar-refractivity contribution in [3.8, 4) is 11.4 Å². The fourth-order valence-electron chi connectivity index (χ4n) is 1.89. The molecule has 0 fully saturated rings. The number of nitrogens with zero attached hydrogens (tertiary/aromatic N) is 4. The maximum absolute atomic E-state index is 4.57. The summed E-state index contributed by atoms with van der Waals surface area (Å²) in [5.74, 6) is 1.62. The molecule has 2 rings (SSSR count). The largest absolute Gasteiger partial charge is 0.370 e. The van der Waals surface area contributed by atoms with Crippen LogP contribution in [0.25, 0.3) is 11.4 Å². The van der Waals surface area contributed by atoms with Crippen molar-refractivity contribution < 1.29 is 0 Å². The molecule has 0 saturated heterocycles. The van der Waals surface area contributed by atoms with E-state index in [1.165, 1.54) is 0 Å². The molecule has 0 amide bonds. The van der Waals surface area contributed by atoms with E-state index in [0.717, 1.165) is 41.6 Å². The van der Waals surface area contributed by atoms with Gasteiger partial charge >= 0.3 is 0 Å². The van der Waals surface area contributed by atoms with E-state index in [9.17, 15) is 0 Å². The van der Waals surface area contributed by atoms with E-state index >= 15 is 0 Å². The number of anilines is 1. The lowest BCUT2D eigenvalue weighted by atomic mass is 10.2. The Morgan fingerprint density at radius 2 is 2.06 bits per heavy atom. The van der Waals surface area contributed by atoms with Crippen molar-refractivity contribution in [1.29, 1.82) is 0 Å². The van der Waals surface area contributed by atoms with Gasteiger partial charge in [-0.1, -0.05) is 6.92 Å². The molecule has 0 aliphatic rings. The van der Waals surface area contributed by atoms with E-state index in [1.54, 1.807) is 4.68 Å². The highest BCUT2D eigenvalue weighted by Gasteiger charge is 2.11. The smallest absolute Gasteiger partial charge is 0.165 e. The Labute approximate surface area is 107 Å². The van der Waals surface area contributed by atoms with Crippen molar-refractivity contribution in [3.05, 3.63) is 23.7 Å². The summed E-state index contributed by atoms with van der Waals surface area (Å²) in [7, 11) is 1.91. The number of rotatable bonds is 4. The molecule has 2 heterocycles. The van der Waals surface area contributed by atoms with Crippen molar-refractivity contribution in [2.75, 3.05) is 11.9 Å². The van der Waals surface area contributed by atoms with Gasteiger partial charge in [0, 0.05) is 31.5 Å². The molecule has 2 aromatic rings. The summed E-state index contributed by atoms with van der Waals surface area (Å²) in [6, 6.07) is 2.00. The Hall–Kier alpha value is -1.91.